The van der Waals surface area contributed by atoms with E-state index in [1.165, 1.54) is 44.1 Å². The van der Waals surface area contributed by atoms with Gasteiger partial charge in [-0.15, -0.1) is 11.8 Å². The summed E-state index contributed by atoms with van der Waals surface area (Å²) < 4.78 is 0. The van der Waals surface area contributed by atoms with Crippen molar-refractivity contribution in [2.24, 2.45) is 17.8 Å². The minimum atomic E-state index is 0.166. The molecule has 0 saturated heterocycles. The molecule has 0 atom stereocenters. The van der Waals surface area contributed by atoms with Gasteiger partial charge in [-0.05, 0) is 61.8 Å². The summed E-state index contributed by atoms with van der Waals surface area (Å²) in [5, 5.41) is 3.45. The van der Waals surface area contributed by atoms with Gasteiger partial charge in [0.05, 0.1) is 5.75 Å². The van der Waals surface area contributed by atoms with Gasteiger partial charge in [-0.1, -0.05) is 30.3 Å². The van der Waals surface area contributed by atoms with Crippen molar-refractivity contribution >= 4 is 17.7 Å². The highest BCUT2D eigenvalue weighted by Crippen LogP contribution is 2.55. The van der Waals surface area contributed by atoms with Crippen LogP contribution in [0.25, 0.3) is 0 Å². The van der Waals surface area contributed by atoms with E-state index < -0.39 is 0 Å². The lowest BCUT2D eigenvalue weighted by molar-refractivity contribution is -0.124. The largest absolute Gasteiger partial charge is 0.350 e. The second kappa shape index (κ2) is 5.92. The van der Waals surface area contributed by atoms with E-state index in [-0.39, 0.29) is 11.4 Å². The van der Waals surface area contributed by atoms with Gasteiger partial charge in [-0.2, -0.15) is 0 Å². The summed E-state index contributed by atoms with van der Waals surface area (Å²) in [5.74, 6) is 4.45. The van der Waals surface area contributed by atoms with Crippen molar-refractivity contribution < 1.29 is 4.79 Å². The first-order chi connectivity index (χ1) is 10.7. The van der Waals surface area contributed by atoms with Gasteiger partial charge in [0.1, 0.15) is 0 Å². The number of hydrogen-bond acceptors (Lipinski definition) is 2. The highest BCUT2D eigenvalue weighted by Gasteiger charge is 2.51. The van der Waals surface area contributed by atoms with Gasteiger partial charge in [-0.3, -0.25) is 4.79 Å². The van der Waals surface area contributed by atoms with Crippen molar-refractivity contribution in [3.8, 4) is 0 Å². The van der Waals surface area contributed by atoms with Crippen LogP contribution in [0, 0.1) is 17.8 Å². The topological polar surface area (TPSA) is 29.1 Å². The monoisotopic (exact) mass is 315 g/mol. The Morgan fingerprint density at radius 2 is 1.64 bits per heavy atom. The van der Waals surface area contributed by atoms with Crippen molar-refractivity contribution in [1.82, 2.24) is 5.32 Å². The number of nitrogens with one attached hydrogen (secondary N) is 1. The van der Waals surface area contributed by atoms with E-state index in [1.54, 1.807) is 11.8 Å². The lowest BCUT2D eigenvalue weighted by atomic mass is 9.53. The Morgan fingerprint density at radius 3 is 2.23 bits per heavy atom. The van der Waals surface area contributed by atoms with Crippen LogP contribution in [0.2, 0.25) is 0 Å². The van der Waals surface area contributed by atoms with Crippen LogP contribution in [0.15, 0.2) is 30.3 Å². The molecule has 5 rings (SSSR count). The molecule has 0 radical (unpaired) electrons. The minimum Gasteiger partial charge on any atom is -0.350 e. The number of carbonyl (C=O) groups is 1. The lowest BCUT2D eigenvalue weighted by Crippen LogP contribution is -2.60. The van der Waals surface area contributed by atoms with Crippen LogP contribution >= 0.6 is 11.8 Å². The molecule has 4 fully saturated rings. The molecule has 0 aliphatic heterocycles. The fraction of sp³-hybridized carbons (Fsp3) is 0.632. The number of amides is 1. The van der Waals surface area contributed by atoms with E-state index >= 15 is 0 Å². The van der Waals surface area contributed by atoms with Crippen LogP contribution in [-0.2, 0) is 10.5 Å². The molecule has 1 aromatic rings. The fourth-order valence-corrected chi connectivity index (χ4v) is 6.22. The maximum Gasteiger partial charge on any atom is 0.230 e. The second-order valence-electron chi connectivity index (χ2n) is 7.72. The van der Waals surface area contributed by atoms with Crippen molar-refractivity contribution in [3.63, 3.8) is 0 Å². The third kappa shape index (κ3) is 3.05. The summed E-state index contributed by atoms with van der Waals surface area (Å²) in [5.41, 5.74) is 1.47. The van der Waals surface area contributed by atoms with Crippen LogP contribution in [0.4, 0.5) is 0 Å². The average Bonchev–Trinajstić information content (AvgIpc) is 2.46. The summed E-state index contributed by atoms with van der Waals surface area (Å²) in [6.07, 6.45) is 8.02. The SMILES string of the molecule is O=C(CSCc1ccccc1)NC12CC3CC(CC(C3)C1)C2. The smallest absolute Gasteiger partial charge is 0.230 e. The van der Waals surface area contributed by atoms with E-state index in [1.807, 2.05) is 6.07 Å². The van der Waals surface area contributed by atoms with Gasteiger partial charge in [0.15, 0.2) is 0 Å². The zero-order valence-corrected chi connectivity index (χ0v) is 13.9. The van der Waals surface area contributed by atoms with Gasteiger partial charge in [0.25, 0.3) is 0 Å². The Morgan fingerprint density at radius 1 is 1.05 bits per heavy atom. The van der Waals surface area contributed by atoms with Crippen LogP contribution in [0.3, 0.4) is 0 Å². The average molecular weight is 315 g/mol. The van der Waals surface area contributed by atoms with Gasteiger partial charge >= 0.3 is 0 Å². The standard InChI is InChI=1S/C19H25NOS/c21-18(13-22-12-14-4-2-1-3-5-14)20-19-9-15-6-16(10-19)8-17(7-15)11-19/h1-5,15-17H,6-13H2,(H,20,21). The molecule has 3 heteroatoms. The number of carbonyl (C=O) groups excluding carboxylic acids is 1. The maximum absolute atomic E-state index is 12.4. The van der Waals surface area contributed by atoms with E-state index in [0.29, 0.717) is 5.75 Å². The van der Waals surface area contributed by atoms with E-state index in [9.17, 15) is 4.79 Å². The van der Waals surface area contributed by atoms with Gasteiger partial charge in [0.2, 0.25) is 5.91 Å². The van der Waals surface area contributed by atoms with Crippen molar-refractivity contribution in [2.45, 2.75) is 49.8 Å². The molecule has 0 spiro atoms. The molecule has 4 saturated carbocycles. The first-order valence-electron chi connectivity index (χ1n) is 8.63. The number of rotatable bonds is 5. The maximum atomic E-state index is 12.4. The zero-order valence-electron chi connectivity index (χ0n) is 13.1. The van der Waals surface area contributed by atoms with Crippen LogP contribution < -0.4 is 5.32 Å². The molecule has 1 aromatic carbocycles. The first-order valence-corrected chi connectivity index (χ1v) is 9.79. The molecule has 0 aromatic heterocycles. The van der Waals surface area contributed by atoms with Gasteiger partial charge in [-0.25, -0.2) is 0 Å². The normalized spacial score (nSPS) is 35.5. The van der Waals surface area contributed by atoms with E-state index in [0.717, 1.165) is 23.5 Å². The van der Waals surface area contributed by atoms with Crippen LogP contribution in [0.5, 0.6) is 0 Å². The van der Waals surface area contributed by atoms with Crippen LogP contribution in [-0.4, -0.2) is 17.2 Å². The Labute approximate surface area is 137 Å². The molecule has 118 valence electrons. The van der Waals surface area contributed by atoms with Crippen molar-refractivity contribution in [2.75, 3.05) is 5.75 Å². The van der Waals surface area contributed by atoms with E-state index in [4.69, 9.17) is 0 Å². The Balaban J connectivity index is 1.29. The third-order valence-corrected chi connectivity index (χ3v) is 6.79. The number of hydrogen-bond donors (Lipinski definition) is 1. The predicted octanol–water partition coefficient (Wildman–Crippen LogP) is 4.00. The zero-order chi connectivity index (χ0) is 15.0. The molecule has 4 aliphatic carbocycles. The predicted molar refractivity (Wildman–Crippen MR) is 91.6 cm³/mol. The van der Waals surface area contributed by atoms with Crippen LogP contribution in [0.1, 0.15) is 44.1 Å². The molecular formula is C19H25NOS. The minimum absolute atomic E-state index is 0.166. The summed E-state index contributed by atoms with van der Waals surface area (Å²) in [7, 11) is 0. The summed E-state index contributed by atoms with van der Waals surface area (Å²) in [6, 6.07) is 10.4. The summed E-state index contributed by atoms with van der Waals surface area (Å²) in [6.45, 7) is 0. The first kappa shape index (κ1) is 14.6. The number of benzene rings is 1. The molecule has 1 amide bonds. The Hall–Kier alpha value is -0.960. The summed E-state index contributed by atoms with van der Waals surface area (Å²) >= 11 is 1.73. The third-order valence-electron chi connectivity index (χ3n) is 5.79. The van der Waals surface area contributed by atoms with Crippen molar-refractivity contribution in [1.29, 1.82) is 0 Å². The lowest BCUT2D eigenvalue weighted by Gasteiger charge is -2.56. The molecule has 22 heavy (non-hydrogen) atoms. The molecular weight excluding hydrogens is 290 g/mol. The quantitative estimate of drug-likeness (QED) is 0.889. The molecule has 4 aliphatic rings. The molecule has 4 bridgehead atoms. The highest BCUT2D eigenvalue weighted by atomic mass is 32.2. The summed E-state index contributed by atoms with van der Waals surface area (Å²) in [4.78, 5) is 12.4. The Bertz CT molecular complexity index is 506. The van der Waals surface area contributed by atoms with Gasteiger partial charge < -0.3 is 5.32 Å². The molecule has 1 N–H and O–H groups in total. The van der Waals surface area contributed by atoms with Gasteiger partial charge in [0, 0.05) is 11.3 Å². The highest BCUT2D eigenvalue weighted by molar-refractivity contribution is 7.99. The molecule has 0 unspecified atom stereocenters. The number of thioether (sulfide) groups is 1. The molecule has 2 nitrogen and oxygen atoms in total. The fourth-order valence-electron chi connectivity index (χ4n) is 5.43. The Kier molecular flexibility index (Phi) is 3.93. The molecule has 0 heterocycles. The van der Waals surface area contributed by atoms with E-state index in [2.05, 4.69) is 29.6 Å². The van der Waals surface area contributed by atoms with Crippen molar-refractivity contribution in [3.05, 3.63) is 35.9 Å². The second-order valence-corrected chi connectivity index (χ2v) is 8.71.